The van der Waals surface area contributed by atoms with E-state index >= 15 is 0 Å². The maximum absolute atomic E-state index is 10.3. The largest absolute Gasteiger partial charge is 0.394 e. The predicted molar refractivity (Wildman–Crippen MR) is 109 cm³/mol. The second kappa shape index (κ2) is 7.44. The van der Waals surface area contributed by atoms with Gasteiger partial charge in [-0.1, -0.05) is 29.8 Å². The lowest BCUT2D eigenvalue weighted by atomic mass is 9.96. The van der Waals surface area contributed by atoms with Crippen molar-refractivity contribution in [3.05, 3.63) is 47.5 Å². The maximum atomic E-state index is 10.3. The van der Waals surface area contributed by atoms with Crippen LogP contribution in [0.5, 0.6) is 0 Å². The molecule has 0 bridgehead atoms. The van der Waals surface area contributed by atoms with Gasteiger partial charge in [-0.3, -0.25) is 4.57 Å². The van der Waals surface area contributed by atoms with Crippen LogP contribution in [0.1, 0.15) is 24.6 Å². The Morgan fingerprint density at radius 1 is 1.17 bits per heavy atom. The van der Waals surface area contributed by atoms with Gasteiger partial charge in [0.05, 0.1) is 12.9 Å². The summed E-state index contributed by atoms with van der Waals surface area (Å²) in [5, 5.41) is 33.8. The SMILES string of the molecule is OC[C@H]1O[C@@H](n2cnc3c(NCC4(c5ccccc5Cl)CC4)ncnc32)[C@H](O)[C@@H]1O. The smallest absolute Gasteiger partial charge is 0.167 e. The van der Waals surface area contributed by atoms with Crippen LogP contribution in [0, 0.1) is 0 Å². The van der Waals surface area contributed by atoms with Crippen molar-refractivity contribution in [1.82, 2.24) is 19.5 Å². The quantitative estimate of drug-likeness (QED) is 0.459. The summed E-state index contributed by atoms with van der Waals surface area (Å²) in [6, 6.07) is 7.88. The molecule has 0 amide bonds. The zero-order valence-corrected chi connectivity index (χ0v) is 16.8. The Balaban J connectivity index is 1.40. The Morgan fingerprint density at radius 3 is 2.67 bits per heavy atom. The molecule has 30 heavy (non-hydrogen) atoms. The fourth-order valence-electron chi connectivity index (χ4n) is 4.11. The molecule has 4 atom stereocenters. The number of ether oxygens (including phenoxy) is 1. The number of fused-ring (bicyclic) bond motifs is 1. The topological polar surface area (TPSA) is 126 Å². The number of benzene rings is 1. The average Bonchev–Trinajstić information content (AvgIpc) is 3.34. The fourth-order valence-corrected chi connectivity index (χ4v) is 4.45. The second-order valence-electron chi connectivity index (χ2n) is 7.89. The zero-order valence-electron chi connectivity index (χ0n) is 16.0. The van der Waals surface area contributed by atoms with Gasteiger partial charge in [0.2, 0.25) is 0 Å². The number of anilines is 1. The van der Waals surface area contributed by atoms with Crippen molar-refractivity contribution in [2.45, 2.75) is 42.8 Å². The van der Waals surface area contributed by atoms with Crippen LogP contribution in [0.2, 0.25) is 5.02 Å². The summed E-state index contributed by atoms with van der Waals surface area (Å²) in [6.45, 7) is 0.261. The van der Waals surface area contributed by atoms with Gasteiger partial charge in [-0.05, 0) is 24.5 Å². The van der Waals surface area contributed by atoms with Crippen molar-refractivity contribution < 1.29 is 20.1 Å². The van der Waals surface area contributed by atoms with Crippen LogP contribution >= 0.6 is 11.6 Å². The van der Waals surface area contributed by atoms with Gasteiger partial charge in [0.15, 0.2) is 23.2 Å². The molecular formula is C20H22ClN5O4. The molecule has 3 aromatic rings. The molecule has 2 aliphatic rings. The van der Waals surface area contributed by atoms with Gasteiger partial charge >= 0.3 is 0 Å². The molecule has 10 heteroatoms. The Morgan fingerprint density at radius 2 is 1.97 bits per heavy atom. The van der Waals surface area contributed by atoms with E-state index in [0.717, 1.165) is 23.4 Å². The number of rotatable bonds is 6. The number of aromatic nitrogens is 4. The second-order valence-corrected chi connectivity index (χ2v) is 8.30. The van der Waals surface area contributed by atoms with Crippen molar-refractivity contribution in [1.29, 1.82) is 0 Å². The minimum atomic E-state index is -1.21. The van der Waals surface area contributed by atoms with E-state index in [1.807, 2.05) is 18.2 Å². The van der Waals surface area contributed by atoms with E-state index in [1.165, 1.54) is 12.7 Å². The van der Waals surface area contributed by atoms with E-state index in [9.17, 15) is 15.3 Å². The van der Waals surface area contributed by atoms with Crippen molar-refractivity contribution in [3.8, 4) is 0 Å². The average molecular weight is 432 g/mol. The Bertz CT molecular complexity index is 1070. The van der Waals surface area contributed by atoms with Crippen molar-refractivity contribution in [3.63, 3.8) is 0 Å². The van der Waals surface area contributed by atoms with Crippen LogP contribution < -0.4 is 5.32 Å². The van der Waals surface area contributed by atoms with E-state index in [-0.39, 0.29) is 5.41 Å². The number of nitrogens with zero attached hydrogens (tertiary/aromatic N) is 4. The van der Waals surface area contributed by atoms with Crippen LogP contribution in [-0.4, -0.2) is 66.3 Å². The van der Waals surface area contributed by atoms with Crippen molar-refractivity contribution in [2.75, 3.05) is 18.5 Å². The first-order valence-electron chi connectivity index (χ1n) is 9.83. The third-order valence-electron chi connectivity index (χ3n) is 6.04. The lowest BCUT2D eigenvalue weighted by molar-refractivity contribution is -0.0511. The molecule has 158 valence electrons. The van der Waals surface area contributed by atoms with E-state index < -0.39 is 31.1 Å². The number of aliphatic hydroxyl groups is 3. The number of nitrogens with one attached hydrogen (secondary N) is 1. The molecular weight excluding hydrogens is 410 g/mol. The first-order chi connectivity index (χ1) is 14.5. The minimum absolute atomic E-state index is 0.0264. The predicted octanol–water partition coefficient (Wildman–Crippen LogP) is 1.23. The monoisotopic (exact) mass is 431 g/mol. The summed E-state index contributed by atoms with van der Waals surface area (Å²) in [5.41, 5.74) is 2.10. The highest BCUT2D eigenvalue weighted by molar-refractivity contribution is 6.31. The third-order valence-corrected chi connectivity index (χ3v) is 6.37. The van der Waals surface area contributed by atoms with Gasteiger partial charge in [0.1, 0.15) is 24.6 Å². The van der Waals surface area contributed by atoms with E-state index in [4.69, 9.17) is 16.3 Å². The molecule has 4 N–H and O–H groups in total. The minimum Gasteiger partial charge on any atom is -0.394 e. The highest BCUT2D eigenvalue weighted by Crippen LogP contribution is 2.50. The summed E-state index contributed by atoms with van der Waals surface area (Å²) in [6.07, 6.45) is 0.813. The molecule has 2 fully saturated rings. The molecule has 9 nitrogen and oxygen atoms in total. The molecule has 3 heterocycles. The van der Waals surface area contributed by atoms with Gasteiger partial charge in [-0.15, -0.1) is 0 Å². The van der Waals surface area contributed by atoms with Gasteiger partial charge in [-0.25, -0.2) is 15.0 Å². The molecule has 2 aromatic heterocycles. The van der Waals surface area contributed by atoms with E-state index in [0.29, 0.717) is 23.5 Å². The van der Waals surface area contributed by atoms with Gasteiger partial charge < -0.3 is 25.4 Å². The maximum Gasteiger partial charge on any atom is 0.167 e. The van der Waals surface area contributed by atoms with E-state index in [2.05, 4.69) is 26.3 Å². The molecule has 0 radical (unpaired) electrons. The summed E-state index contributed by atoms with van der Waals surface area (Å²) in [7, 11) is 0. The fraction of sp³-hybridized carbons (Fsp3) is 0.450. The number of hydrogen-bond donors (Lipinski definition) is 4. The summed E-state index contributed by atoms with van der Waals surface area (Å²) < 4.78 is 7.15. The van der Waals surface area contributed by atoms with Gasteiger partial charge in [-0.2, -0.15) is 0 Å². The first kappa shape index (κ1) is 19.7. The molecule has 5 rings (SSSR count). The molecule has 1 saturated heterocycles. The molecule has 1 aromatic carbocycles. The molecule has 1 saturated carbocycles. The Hall–Kier alpha value is -2.30. The summed E-state index contributed by atoms with van der Waals surface area (Å²) in [4.78, 5) is 13.0. The molecule has 0 unspecified atom stereocenters. The first-order valence-corrected chi connectivity index (χ1v) is 10.2. The highest BCUT2D eigenvalue weighted by Gasteiger charge is 2.46. The summed E-state index contributed by atoms with van der Waals surface area (Å²) >= 11 is 6.41. The Kier molecular flexibility index (Phi) is 4.87. The number of hydrogen-bond acceptors (Lipinski definition) is 8. The number of aliphatic hydroxyl groups excluding tert-OH is 3. The zero-order chi connectivity index (χ0) is 20.9. The van der Waals surface area contributed by atoms with Crippen molar-refractivity contribution in [2.24, 2.45) is 0 Å². The van der Waals surface area contributed by atoms with Crippen molar-refractivity contribution >= 4 is 28.6 Å². The summed E-state index contributed by atoms with van der Waals surface area (Å²) in [5.74, 6) is 0.573. The Labute approximate surface area is 177 Å². The lowest BCUT2D eigenvalue weighted by Crippen LogP contribution is -2.33. The van der Waals surface area contributed by atoms with Crippen LogP contribution in [0.4, 0.5) is 5.82 Å². The van der Waals surface area contributed by atoms with Gasteiger partial charge in [0, 0.05) is 17.0 Å². The standard InChI is InChI=1S/C20H22ClN5O4/c21-12-4-2-1-3-11(12)20(5-6-20)8-22-17-14-18(24-9-23-17)26(10-25-14)19-16(29)15(28)13(7-27)30-19/h1-4,9-10,13,15-16,19,27-29H,5-8H2,(H,22,23,24)/t13-,15-,16-,19-/m1/s1. The molecule has 0 spiro atoms. The normalized spacial score (nSPS) is 27.5. The van der Waals surface area contributed by atoms with Gasteiger partial charge in [0.25, 0.3) is 0 Å². The highest BCUT2D eigenvalue weighted by atomic mass is 35.5. The van der Waals surface area contributed by atoms with Crippen LogP contribution in [0.25, 0.3) is 11.2 Å². The van der Waals surface area contributed by atoms with Crippen LogP contribution in [-0.2, 0) is 10.2 Å². The van der Waals surface area contributed by atoms with Crippen LogP contribution in [0.3, 0.4) is 0 Å². The van der Waals surface area contributed by atoms with E-state index in [1.54, 1.807) is 4.57 Å². The number of halogens is 1. The molecule has 1 aliphatic heterocycles. The number of imidazole rings is 1. The van der Waals surface area contributed by atoms with Crippen LogP contribution in [0.15, 0.2) is 36.9 Å². The third kappa shape index (κ3) is 3.14. The lowest BCUT2D eigenvalue weighted by Gasteiger charge is -2.19. The molecule has 1 aliphatic carbocycles.